The largest absolute Gasteiger partial charge is 0.366 e. The number of aromatic nitrogens is 2. The average Bonchev–Trinajstić information content (AvgIpc) is 2.60. The maximum Gasteiger partial charge on any atom is 0.326 e. The van der Waals surface area contributed by atoms with Gasteiger partial charge in [-0.25, -0.2) is 4.79 Å². The van der Waals surface area contributed by atoms with E-state index >= 15 is 0 Å². The fraction of sp³-hybridized carbons (Fsp3) is 0.333. The van der Waals surface area contributed by atoms with Crippen LogP contribution in [0.25, 0.3) is 11.0 Å². The minimum Gasteiger partial charge on any atom is -0.366 e. The minimum absolute atomic E-state index is 0.173. The Hall–Kier alpha value is -2.08. The first-order valence-corrected chi connectivity index (χ1v) is 5.66. The molecule has 1 aromatic heterocycles. The summed E-state index contributed by atoms with van der Waals surface area (Å²) in [4.78, 5) is 27.6. The van der Waals surface area contributed by atoms with Gasteiger partial charge in [0, 0.05) is 18.7 Å². The zero-order valence-corrected chi connectivity index (χ0v) is 10.4. The van der Waals surface area contributed by atoms with Gasteiger partial charge in [0.2, 0.25) is 5.91 Å². The van der Waals surface area contributed by atoms with Gasteiger partial charge in [0.25, 0.3) is 0 Å². The first kappa shape index (κ1) is 12.4. The molecule has 0 aliphatic carbocycles. The first-order chi connectivity index (χ1) is 8.49. The van der Waals surface area contributed by atoms with E-state index in [-0.39, 0.29) is 5.69 Å². The summed E-state index contributed by atoms with van der Waals surface area (Å²) in [6.07, 6.45) is 0. The number of nitrogens with one attached hydrogen (secondary N) is 1. The number of imidazole rings is 1. The number of H-pyrrole nitrogens is 1. The molecule has 0 saturated carbocycles. The third kappa shape index (κ3) is 2.28. The highest BCUT2D eigenvalue weighted by atomic mass is 16.1. The summed E-state index contributed by atoms with van der Waals surface area (Å²) in [5, 5.41) is 0. The second-order valence-corrected chi connectivity index (χ2v) is 4.48. The third-order valence-electron chi connectivity index (χ3n) is 2.83. The molecule has 18 heavy (non-hydrogen) atoms. The molecule has 1 aromatic carbocycles. The van der Waals surface area contributed by atoms with E-state index in [0.717, 1.165) is 12.1 Å². The number of likely N-dealkylation sites (N-methyl/N-ethyl adjacent to an activating group) is 1. The maximum absolute atomic E-state index is 11.8. The summed E-state index contributed by atoms with van der Waals surface area (Å²) in [6, 6.07) is 4.97. The van der Waals surface area contributed by atoms with Crippen molar-refractivity contribution in [3.05, 3.63) is 34.2 Å². The van der Waals surface area contributed by atoms with E-state index in [1.54, 1.807) is 22.8 Å². The van der Waals surface area contributed by atoms with Gasteiger partial charge in [0.15, 0.2) is 0 Å². The van der Waals surface area contributed by atoms with Crippen molar-refractivity contribution in [3.63, 3.8) is 0 Å². The van der Waals surface area contributed by atoms with Crippen LogP contribution in [0.2, 0.25) is 0 Å². The summed E-state index contributed by atoms with van der Waals surface area (Å²) in [6.45, 7) is 1.37. The van der Waals surface area contributed by atoms with Crippen LogP contribution in [-0.2, 0) is 6.54 Å². The number of carbonyl (C=O) groups excluding carboxylic acids is 1. The second kappa shape index (κ2) is 4.66. The number of amides is 1. The number of benzene rings is 1. The second-order valence-electron chi connectivity index (χ2n) is 4.48. The summed E-state index contributed by atoms with van der Waals surface area (Å²) in [5.74, 6) is -0.501. The molecule has 6 nitrogen and oxygen atoms in total. The van der Waals surface area contributed by atoms with E-state index in [1.807, 2.05) is 19.0 Å². The van der Waals surface area contributed by atoms with Gasteiger partial charge in [-0.15, -0.1) is 0 Å². The number of rotatable bonds is 4. The highest BCUT2D eigenvalue weighted by molar-refractivity contribution is 5.96. The molecule has 0 aliphatic rings. The molecule has 2 rings (SSSR count). The molecular formula is C12H16N4O2. The Labute approximate surface area is 104 Å². The molecule has 1 heterocycles. The van der Waals surface area contributed by atoms with Crippen LogP contribution in [0.15, 0.2) is 23.0 Å². The lowest BCUT2D eigenvalue weighted by Crippen LogP contribution is -2.24. The Morgan fingerprint density at radius 2 is 2.17 bits per heavy atom. The van der Waals surface area contributed by atoms with E-state index in [4.69, 9.17) is 5.73 Å². The molecule has 0 radical (unpaired) electrons. The van der Waals surface area contributed by atoms with Crippen molar-refractivity contribution in [1.29, 1.82) is 0 Å². The normalized spacial score (nSPS) is 11.3. The summed E-state index contributed by atoms with van der Waals surface area (Å²) in [7, 11) is 3.90. The van der Waals surface area contributed by atoms with E-state index in [0.29, 0.717) is 17.6 Å². The zero-order valence-electron chi connectivity index (χ0n) is 10.4. The highest BCUT2D eigenvalue weighted by Crippen LogP contribution is 2.12. The fourth-order valence-corrected chi connectivity index (χ4v) is 1.84. The predicted molar refractivity (Wildman–Crippen MR) is 69.6 cm³/mol. The fourth-order valence-electron chi connectivity index (χ4n) is 1.84. The summed E-state index contributed by atoms with van der Waals surface area (Å²) >= 11 is 0. The van der Waals surface area contributed by atoms with Crippen molar-refractivity contribution < 1.29 is 4.79 Å². The number of hydrogen-bond donors (Lipinski definition) is 2. The molecule has 0 aliphatic heterocycles. The Balaban J connectivity index is 2.45. The first-order valence-electron chi connectivity index (χ1n) is 5.66. The van der Waals surface area contributed by atoms with Gasteiger partial charge in [-0.2, -0.15) is 0 Å². The van der Waals surface area contributed by atoms with Gasteiger partial charge >= 0.3 is 5.69 Å². The van der Waals surface area contributed by atoms with Gasteiger partial charge in [-0.05, 0) is 32.3 Å². The smallest absolute Gasteiger partial charge is 0.326 e. The number of hydrogen-bond acceptors (Lipinski definition) is 3. The van der Waals surface area contributed by atoms with Crippen LogP contribution in [0.3, 0.4) is 0 Å². The minimum atomic E-state index is -0.501. The number of aromatic amines is 1. The van der Waals surface area contributed by atoms with Gasteiger partial charge in [0.05, 0.1) is 11.0 Å². The Bertz CT molecular complexity index is 639. The van der Waals surface area contributed by atoms with Crippen LogP contribution < -0.4 is 11.4 Å². The monoisotopic (exact) mass is 248 g/mol. The topological polar surface area (TPSA) is 84.1 Å². The number of primary amides is 1. The molecule has 0 fully saturated rings. The van der Waals surface area contributed by atoms with Gasteiger partial charge in [0.1, 0.15) is 0 Å². The molecule has 1 amide bonds. The lowest BCUT2D eigenvalue weighted by atomic mass is 10.2. The van der Waals surface area contributed by atoms with Crippen molar-refractivity contribution in [3.8, 4) is 0 Å². The maximum atomic E-state index is 11.8. The molecule has 0 atom stereocenters. The van der Waals surface area contributed by atoms with Gasteiger partial charge in [-0.3, -0.25) is 9.36 Å². The van der Waals surface area contributed by atoms with Crippen molar-refractivity contribution in [2.75, 3.05) is 20.6 Å². The molecule has 0 spiro atoms. The lowest BCUT2D eigenvalue weighted by molar-refractivity contribution is 0.100. The number of fused-ring (bicyclic) bond motifs is 1. The van der Waals surface area contributed by atoms with E-state index in [9.17, 15) is 9.59 Å². The van der Waals surface area contributed by atoms with Gasteiger partial charge in [-0.1, -0.05) is 0 Å². The van der Waals surface area contributed by atoms with E-state index in [1.165, 1.54) is 0 Å². The van der Waals surface area contributed by atoms with Crippen LogP contribution in [-0.4, -0.2) is 41.0 Å². The van der Waals surface area contributed by atoms with Crippen molar-refractivity contribution in [2.24, 2.45) is 5.73 Å². The molecule has 0 bridgehead atoms. The van der Waals surface area contributed by atoms with Crippen LogP contribution in [0.1, 0.15) is 10.4 Å². The summed E-state index contributed by atoms with van der Waals surface area (Å²) in [5.41, 5.74) is 6.84. The number of carbonyl (C=O) groups is 1. The van der Waals surface area contributed by atoms with Crippen LogP contribution in [0.5, 0.6) is 0 Å². The number of nitrogens with two attached hydrogens (primary N) is 1. The Morgan fingerprint density at radius 1 is 1.44 bits per heavy atom. The Kier molecular flexibility index (Phi) is 3.20. The molecule has 6 heteroatoms. The SMILES string of the molecule is CN(C)CCn1c(=O)[nH]c2cc(C(N)=O)ccc21. The molecule has 0 unspecified atom stereocenters. The van der Waals surface area contributed by atoms with E-state index in [2.05, 4.69) is 4.98 Å². The standard InChI is InChI=1S/C12H16N4O2/c1-15(2)5-6-16-10-4-3-8(11(13)17)7-9(10)14-12(16)18/h3-4,7H,5-6H2,1-2H3,(H2,13,17)(H,14,18). The lowest BCUT2D eigenvalue weighted by Gasteiger charge is -2.09. The molecule has 3 N–H and O–H groups in total. The van der Waals surface area contributed by atoms with Crippen molar-refractivity contribution in [1.82, 2.24) is 14.5 Å². The van der Waals surface area contributed by atoms with Gasteiger partial charge < -0.3 is 15.6 Å². The van der Waals surface area contributed by atoms with Crippen molar-refractivity contribution in [2.45, 2.75) is 6.54 Å². The highest BCUT2D eigenvalue weighted by Gasteiger charge is 2.09. The third-order valence-corrected chi connectivity index (χ3v) is 2.83. The molecule has 96 valence electrons. The van der Waals surface area contributed by atoms with Crippen LogP contribution in [0, 0.1) is 0 Å². The summed E-state index contributed by atoms with van der Waals surface area (Å²) < 4.78 is 1.65. The number of nitrogens with zero attached hydrogens (tertiary/aromatic N) is 2. The molecular weight excluding hydrogens is 232 g/mol. The zero-order chi connectivity index (χ0) is 13.3. The van der Waals surface area contributed by atoms with Crippen molar-refractivity contribution >= 4 is 16.9 Å². The molecule has 0 saturated heterocycles. The predicted octanol–water partition coefficient (Wildman–Crippen LogP) is -0.00990. The van der Waals surface area contributed by atoms with E-state index < -0.39 is 5.91 Å². The molecule has 2 aromatic rings. The quantitative estimate of drug-likeness (QED) is 0.798. The van der Waals surface area contributed by atoms with Crippen LogP contribution in [0.4, 0.5) is 0 Å². The Morgan fingerprint density at radius 3 is 2.78 bits per heavy atom. The average molecular weight is 248 g/mol. The van der Waals surface area contributed by atoms with Crippen LogP contribution >= 0.6 is 0 Å².